The number of hydrogen-bond acceptors (Lipinski definition) is 2. The first-order valence-corrected chi connectivity index (χ1v) is 4.60. The van der Waals surface area contributed by atoms with E-state index >= 15 is 0 Å². The molecule has 0 aliphatic carbocycles. The molecule has 1 aromatic carbocycles. The lowest BCUT2D eigenvalue weighted by Crippen LogP contribution is -2.03. The van der Waals surface area contributed by atoms with Gasteiger partial charge in [-0.25, -0.2) is 0 Å². The number of nitrogens with two attached hydrogens (primary N) is 1. The monoisotopic (exact) mass is 195 g/mol. The van der Waals surface area contributed by atoms with Crippen LogP contribution in [0.4, 0.5) is 5.69 Å². The molecule has 2 N–H and O–H groups in total. The van der Waals surface area contributed by atoms with Crippen molar-refractivity contribution in [2.45, 2.75) is 19.8 Å². The Hall–Kier alpha value is -0.960. The van der Waals surface area contributed by atoms with Gasteiger partial charge in [0.1, 0.15) is 0 Å². The van der Waals surface area contributed by atoms with Crippen LogP contribution in [0.25, 0.3) is 0 Å². The van der Waals surface area contributed by atoms with Crippen LogP contribution < -0.4 is 5.73 Å². The van der Waals surface area contributed by atoms with E-state index in [1.54, 1.807) is 18.2 Å². The molecule has 0 aliphatic rings. The molecule has 0 heterocycles. The van der Waals surface area contributed by atoms with E-state index in [1.165, 1.54) is 0 Å². The summed E-state index contributed by atoms with van der Waals surface area (Å²) in [6.45, 7) is 4.01. The zero-order valence-electron chi connectivity index (χ0n) is 7.74. The predicted octanol–water partition coefficient (Wildman–Crippen LogP) is 2.46. The van der Waals surface area contributed by atoms with Gasteiger partial charge in [-0.05, 0) is 17.5 Å². The quantitative estimate of drug-likeness (QED) is 0.562. The van der Waals surface area contributed by atoms with Crippen molar-refractivity contribution in [3.05, 3.63) is 29.3 Å². The maximum atomic E-state index is 11.1. The number of carbonyl (C=O) groups excluding carboxylic acids is 1. The van der Waals surface area contributed by atoms with Gasteiger partial charge in [-0.1, -0.05) is 26.0 Å². The summed E-state index contributed by atoms with van der Waals surface area (Å²) in [7, 11) is 0. The number of benzene rings is 1. The molecule has 0 saturated carbocycles. The molecule has 0 bridgehead atoms. The molecule has 0 amide bonds. The van der Waals surface area contributed by atoms with Crippen LogP contribution in [0.3, 0.4) is 0 Å². The lowest BCUT2D eigenvalue weighted by atomic mass is 9.96. The van der Waals surface area contributed by atoms with E-state index in [1.807, 2.05) is 13.8 Å². The minimum Gasteiger partial charge on any atom is -0.398 e. The van der Waals surface area contributed by atoms with Crippen LogP contribution in [0.2, 0.25) is 0 Å². The number of hydrogen-bond donors (Lipinski definition) is 2. The van der Waals surface area contributed by atoms with E-state index < -0.39 is 0 Å². The SMILES string of the molecule is CC(C)c1c(N)cccc1C(=O)S. The van der Waals surface area contributed by atoms with E-state index in [4.69, 9.17) is 5.73 Å². The second-order valence-electron chi connectivity index (χ2n) is 3.27. The Labute approximate surface area is 83.5 Å². The van der Waals surface area contributed by atoms with Crippen molar-refractivity contribution in [3.8, 4) is 0 Å². The molecular weight excluding hydrogens is 182 g/mol. The van der Waals surface area contributed by atoms with E-state index in [2.05, 4.69) is 12.6 Å². The fourth-order valence-corrected chi connectivity index (χ4v) is 1.61. The zero-order chi connectivity index (χ0) is 10.0. The molecule has 0 radical (unpaired) electrons. The van der Waals surface area contributed by atoms with Gasteiger partial charge in [0.15, 0.2) is 0 Å². The third-order valence-electron chi connectivity index (χ3n) is 1.95. The molecule has 0 unspecified atom stereocenters. The van der Waals surface area contributed by atoms with Crippen molar-refractivity contribution < 1.29 is 4.79 Å². The van der Waals surface area contributed by atoms with Gasteiger partial charge in [0.2, 0.25) is 5.12 Å². The Bertz CT molecular complexity index is 334. The van der Waals surface area contributed by atoms with Crippen molar-refractivity contribution in [1.82, 2.24) is 0 Å². The van der Waals surface area contributed by atoms with Crippen LogP contribution in [-0.4, -0.2) is 5.12 Å². The summed E-state index contributed by atoms with van der Waals surface area (Å²) in [4.78, 5) is 11.1. The molecule has 0 aromatic heterocycles. The smallest absolute Gasteiger partial charge is 0.216 e. The minimum absolute atomic E-state index is 0.226. The zero-order valence-corrected chi connectivity index (χ0v) is 8.64. The molecule has 0 fully saturated rings. The summed E-state index contributed by atoms with van der Waals surface area (Å²) in [5.74, 6) is 0.243. The Balaban J connectivity index is 3.34. The molecule has 1 rings (SSSR count). The van der Waals surface area contributed by atoms with Crippen molar-refractivity contribution in [3.63, 3.8) is 0 Å². The summed E-state index contributed by atoms with van der Waals surface area (Å²) in [5.41, 5.74) is 7.94. The molecule has 0 aliphatic heterocycles. The molecule has 70 valence electrons. The third kappa shape index (κ3) is 2.04. The first-order chi connectivity index (χ1) is 6.04. The van der Waals surface area contributed by atoms with Crippen LogP contribution >= 0.6 is 12.6 Å². The Morgan fingerprint density at radius 3 is 2.46 bits per heavy atom. The third-order valence-corrected chi connectivity index (χ3v) is 2.19. The van der Waals surface area contributed by atoms with Crippen molar-refractivity contribution in [1.29, 1.82) is 0 Å². The van der Waals surface area contributed by atoms with Crippen LogP contribution in [0.15, 0.2) is 18.2 Å². The molecule has 13 heavy (non-hydrogen) atoms. The summed E-state index contributed by atoms with van der Waals surface area (Å²) in [6, 6.07) is 5.32. The fourth-order valence-electron chi connectivity index (χ4n) is 1.41. The van der Waals surface area contributed by atoms with Crippen LogP contribution in [0, 0.1) is 0 Å². The maximum Gasteiger partial charge on any atom is 0.216 e. The Kier molecular flexibility index (Phi) is 2.98. The number of carbonyl (C=O) groups is 1. The van der Waals surface area contributed by atoms with Gasteiger partial charge in [0, 0.05) is 11.3 Å². The average Bonchev–Trinajstić information content (AvgIpc) is 2.02. The highest BCUT2D eigenvalue weighted by atomic mass is 32.1. The normalized spacial score (nSPS) is 10.5. The highest BCUT2D eigenvalue weighted by molar-refractivity contribution is 7.97. The minimum atomic E-state index is -0.226. The molecule has 0 saturated heterocycles. The van der Waals surface area contributed by atoms with Crippen molar-refractivity contribution in [2.24, 2.45) is 0 Å². The molecule has 2 nitrogen and oxygen atoms in total. The lowest BCUT2D eigenvalue weighted by Gasteiger charge is -2.12. The van der Waals surface area contributed by atoms with Crippen LogP contribution in [-0.2, 0) is 0 Å². The summed E-state index contributed by atoms with van der Waals surface area (Å²) >= 11 is 3.80. The first-order valence-electron chi connectivity index (χ1n) is 4.15. The summed E-state index contributed by atoms with van der Waals surface area (Å²) in [5, 5.41) is -0.226. The van der Waals surface area contributed by atoms with E-state index in [0.717, 1.165) is 5.56 Å². The molecule has 3 heteroatoms. The van der Waals surface area contributed by atoms with Crippen molar-refractivity contribution >= 4 is 23.4 Å². The fraction of sp³-hybridized carbons (Fsp3) is 0.300. The molecule has 0 atom stereocenters. The lowest BCUT2D eigenvalue weighted by molar-refractivity contribution is 0.109. The number of thiol groups is 1. The second kappa shape index (κ2) is 3.83. The number of anilines is 1. The van der Waals surface area contributed by atoms with Crippen molar-refractivity contribution in [2.75, 3.05) is 5.73 Å². The van der Waals surface area contributed by atoms with E-state index in [0.29, 0.717) is 11.3 Å². The number of nitrogen functional groups attached to an aromatic ring is 1. The molecule has 1 aromatic rings. The first kappa shape index (κ1) is 10.1. The van der Waals surface area contributed by atoms with Crippen LogP contribution in [0.5, 0.6) is 0 Å². The predicted molar refractivity (Wildman–Crippen MR) is 58.3 cm³/mol. The standard InChI is InChI=1S/C10H13NOS/c1-6(2)9-7(10(12)13)4-3-5-8(9)11/h3-6H,11H2,1-2H3,(H,12,13). The van der Waals surface area contributed by atoms with Gasteiger partial charge in [-0.3, -0.25) is 4.79 Å². The van der Waals surface area contributed by atoms with Crippen LogP contribution in [0.1, 0.15) is 35.7 Å². The largest absolute Gasteiger partial charge is 0.398 e. The number of rotatable bonds is 2. The van der Waals surface area contributed by atoms with Gasteiger partial charge in [-0.15, -0.1) is 12.6 Å². The van der Waals surface area contributed by atoms with Gasteiger partial charge in [0.25, 0.3) is 0 Å². The molecule has 0 spiro atoms. The summed E-state index contributed by atoms with van der Waals surface area (Å²) in [6.07, 6.45) is 0. The Morgan fingerprint density at radius 1 is 1.46 bits per heavy atom. The van der Waals surface area contributed by atoms with Gasteiger partial charge < -0.3 is 5.73 Å². The highest BCUT2D eigenvalue weighted by Crippen LogP contribution is 2.26. The average molecular weight is 195 g/mol. The topological polar surface area (TPSA) is 43.1 Å². The summed E-state index contributed by atoms with van der Waals surface area (Å²) < 4.78 is 0. The van der Waals surface area contributed by atoms with Gasteiger partial charge in [-0.2, -0.15) is 0 Å². The highest BCUT2D eigenvalue weighted by Gasteiger charge is 2.13. The van der Waals surface area contributed by atoms with Gasteiger partial charge in [0.05, 0.1) is 0 Å². The maximum absolute atomic E-state index is 11.1. The molecular formula is C10H13NOS. The Morgan fingerprint density at radius 2 is 2.08 bits per heavy atom. The van der Waals surface area contributed by atoms with E-state index in [-0.39, 0.29) is 11.0 Å². The van der Waals surface area contributed by atoms with Gasteiger partial charge >= 0.3 is 0 Å². The second-order valence-corrected chi connectivity index (χ2v) is 3.67. The van der Waals surface area contributed by atoms with E-state index in [9.17, 15) is 4.79 Å².